The summed E-state index contributed by atoms with van der Waals surface area (Å²) in [5.41, 5.74) is 0.842. The second kappa shape index (κ2) is 8.39. The van der Waals surface area contributed by atoms with Gasteiger partial charge >= 0.3 is 12.1 Å². The van der Waals surface area contributed by atoms with Crippen molar-refractivity contribution in [2.75, 3.05) is 25.6 Å². The molecule has 0 spiro atoms. The lowest BCUT2D eigenvalue weighted by Crippen LogP contribution is -2.36. The summed E-state index contributed by atoms with van der Waals surface area (Å²) in [4.78, 5) is 39.1. The summed E-state index contributed by atoms with van der Waals surface area (Å²) in [6, 6.07) is 5.58. The van der Waals surface area contributed by atoms with Crippen LogP contribution in [-0.2, 0) is 22.4 Å². The van der Waals surface area contributed by atoms with Gasteiger partial charge in [-0.3, -0.25) is 4.79 Å². The Hall–Kier alpha value is -2.94. The Morgan fingerprint density at radius 2 is 2.04 bits per heavy atom. The summed E-state index contributed by atoms with van der Waals surface area (Å²) in [5, 5.41) is 2.89. The summed E-state index contributed by atoms with van der Waals surface area (Å²) < 4.78 is 23.8. The first-order valence-corrected chi connectivity index (χ1v) is 9.48. The van der Waals surface area contributed by atoms with Crippen molar-refractivity contribution in [3.05, 3.63) is 51.7 Å². The molecule has 0 aliphatic carbocycles. The van der Waals surface area contributed by atoms with Gasteiger partial charge in [-0.1, -0.05) is 12.1 Å². The van der Waals surface area contributed by atoms with E-state index in [4.69, 9.17) is 9.47 Å². The van der Waals surface area contributed by atoms with Crippen LogP contribution in [-0.4, -0.2) is 43.1 Å². The van der Waals surface area contributed by atoms with E-state index in [1.54, 1.807) is 13.0 Å². The van der Waals surface area contributed by atoms with E-state index in [0.29, 0.717) is 13.0 Å². The fraction of sp³-hybridized carbons (Fsp3) is 0.316. The van der Waals surface area contributed by atoms with Gasteiger partial charge in [0.2, 0.25) is 0 Å². The minimum atomic E-state index is -0.663. The maximum absolute atomic E-state index is 13.9. The third kappa shape index (κ3) is 3.84. The SMILES string of the molecule is CCOC(=O)N1CCc2c(sc(NC(=O)c3ccccc3F)c2C(=O)OC)C1. The van der Waals surface area contributed by atoms with Gasteiger partial charge in [-0.15, -0.1) is 11.3 Å². The molecule has 0 radical (unpaired) electrons. The molecular formula is C19H19FN2O5S. The predicted octanol–water partition coefficient (Wildman–Crippen LogP) is 3.44. The molecule has 7 nitrogen and oxygen atoms in total. The van der Waals surface area contributed by atoms with Crippen molar-refractivity contribution < 1.29 is 28.2 Å². The number of methoxy groups -OCH3 is 1. The third-order valence-electron chi connectivity index (χ3n) is 4.32. The molecule has 2 heterocycles. The molecule has 3 rings (SSSR count). The molecule has 0 unspecified atom stereocenters. The molecule has 0 bridgehead atoms. The molecule has 1 aromatic carbocycles. The van der Waals surface area contributed by atoms with Crippen molar-refractivity contribution in [2.45, 2.75) is 19.9 Å². The van der Waals surface area contributed by atoms with Crippen LogP contribution in [0.5, 0.6) is 0 Å². The summed E-state index contributed by atoms with van der Waals surface area (Å²) in [7, 11) is 1.25. The highest BCUT2D eigenvalue weighted by Gasteiger charge is 2.31. The number of carbonyl (C=O) groups is 3. The van der Waals surface area contributed by atoms with E-state index < -0.39 is 23.8 Å². The number of hydrogen-bond acceptors (Lipinski definition) is 6. The number of nitrogens with one attached hydrogen (secondary N) is 1. The number of thiophene rings is 1. The number of rotatable bonds is 4. The highest BCUT2D eigenvalue weighted by molar-refractivity contribution is 7.17. The number of carbonyl (C=O) groups excluding carboxylic acids is 3. The fourth-order valence-corrected chi connectivity index (χ4v) is 4.24. The van der Waals surface area contributed by atoms with Crippen molar-refractivity contribution in [3.8, 4) is 0 Å². The maximum Gasteiger partial charge on any atom is 0.410 e. The normalized spacial score (nSPS) is 12.9. The van der Waals surface area contributed by atoms with Gasteiger partial charge < -0.3 is 19.7 Å². The number of ether oxygens (including phenoxy) is 2. The van der Waals surface area contributed by atoms with Crippen molar-refractivity contribution in [1.82, 2.24) is 4.90 Å². The summed E-state index contributed by atoms with van der Waals surface area (Å²) in [6.45, 7) is 2.64. The second-order valence-corrected chi connectivity index (χ2v) is 7.11. The van der Waals surface area contributed by atoms with Crippen LogP contribution in [0.4, 0.5) is 14.2 Å². The lowest BCUT2D eigenvalue weighted by Gasteiger charge is -2.26. The van der Waals surface area contributed by atoms with E-state index in [9.17, 15) is 18.8 Å². The Morgan fingerprint density at radius 1 is 1.29 bits per heavy atom. The van der Waals surface area contributed by atoms with Gasteiger partial charge in [0.25, 0.3) is 5.91 Å². The van der Waals surface area contributed by atoms with E-state index in [0.717, 1.165) is 10.4 Å². The van der Waals surface area contributed by atoms with Gasteiger partial charge in [0.1, 0.15) is 10.8 Å². The standard InChI is InChI=1S/C19H19FN2O5S/c1-3-27-19(25)22-9-8-12-14(10-22)28-17(15(12)18(24)26-2)21-16(23)11-6-4-5-7-13(11)20/h4-7H,3,8-10H2,1-2H3,(H,21,23). The van der Waals surface area contributed by atoms with Gasteiger partial charge in [0, 0.05) is 11.4 Å². The average Bonchev–Trinajstić information content (AvgIpc) is 3.04. The smallest absolute Gasteiger partial charge is 0.410 e. The molecule has 2 aromatic rings. The highest BCUT2D eigenvalue weighted by Crippen LogP contribution is 2.38. The zero-order chi connectivity index (χ0) is 20.3. The molecule has 1 aliphatic rings. The number of fused-ring (bicyclic) bond motifs is 1. The Morgan fingerprint density at radius 3 is 2.71 bits per heavy atom. The molecule has 1 N–H and O–H groups in total. The number of benzene rings is 1. The zero-order valence-corrected chi connectivity index (χ0v) is 16.2. The molecule has 28 heavy (non-hydrogen) atoms. The fourth-order valence-electron chi connectivity index (χ4n) is 3.00. The lowest BCUT2D eigenvalue weighted by molar-refractivity contribution is 0.0600. The second-order valence-electron chi connectivity index (χ2n) is 6.00. The van der Waals surface area contributed by atoms with Crippen LogP contribution in [0.25, 0.3) is 0 Å². The monoisotopic (exact) mass is 406 g/mol. The van der Waals surface area contributed by atoms with Gasteiger partial charge in [0.15, 0.2) is 0 Å². The number of esters is 1. The Kier molecular flexibility index (Phi) is 5.93. The Labute approximate surface area is 165 Å². The molecule has 2 amide bonds. The van der Waals surface area contributed by atoms with Crippen LogP contribution in [0.3, 0.4) is 0 Å². The number of amides is 2. The number of anilines is 1. The average molecular weight is 406 g/mol. The molecule has 0 saturated carbocycles. The largest absolute Gasteiger partial charge is 0.465 e. The zero-order valence-electron chi connectivity index (χ0n) is 15.4. The molecule has 148 valence electrons. The molecular weight excluding hydrogens is 387 g/mol. The van der Waals surface area contributed by atoms with E-state index in [-0.39, 0.29) is 29.3 Å². The van der Waals surface area contributed by atoms with Gasteiger partial charge in [-0.05, 0) is 31.0 Å². The lowest BCUT2D eigenvalue weighted by atomic mass is 10.0. The third-order valence-corrected chi connectivity index (χ3v) is 5.45. The van der Waals surface area contributed by atoms with Crippen LogP contribution in [0.15, 0.2) is 24.3 Å². The van der Waals surface area contributed by atoms with Gasteiger partial charge in [-0.2, -0.15) is 0 Å². The van der Waals surface area contributed by atoms with E-state index in [2.05, 4.69) is 5.32 Å². The van der Waals surface area contributed by atoms with Crippen LogP contribution in [0.1, 0.15) is 38.1 Å². The number of nitrogens with zero attached hydrogens (tertiary/aromatic N) is 1. The van der Waals surface area contributed by atoms with Crippen molar-refractivity contribution in [1.29, 1.82) is 0 Å². The highest BCUT2D eigenvalue weighted by atomic mass is 32.1. The van der Waals surface area contributed by atoms with Crippen molar-refractivity contribution >= 4 is 34.3 Å². The predicted molar refractivity (Wildman–Crippen MR) is 101 cm³/mol. The minimum absolute atomic E-state index is 0.127. The summed E-state index contributed by atoms with van der Waals surface area (Å²) in [5.74, 6) is -1.91. The van der Waals surface area contributed by atoms with E-state index >= 15 is 0 Å². The van der Waals surface area contributed by atoms with Crippen molar-refractivity contribution in [3.63, 3.8) is 0 Å². The summed E-state index contributed by atoms with van der Waals surface area (Å²) >= 11 is 1.17. The first kappa shape index (κ1) is 19.8. The van der Waals surface area contributed by atoms with Crippen LogP contribution >= 0.6 is 11.3 Å². The first-order valence-electron chi connectivity index (χ1n) is 8.66. The van der Waals surface area contributed by atoms with Crippen LogP contribution in [0.2, 0.25) is 0 Å². The molecule has 0 saturated heterocycles. The quantitative estimate of drug-likeness (QED) is 0.787. The van der Waals surface area contributed by atoms with Crippen LogP contribution < -0.4 is 5.32 Å². The Bertz CT molecular complexity index is 927. The van der Waals surface area contributed by atoms with E-state index in [1.165, 1.54) is 41.5 Å². The van der Waals surface area contributed by atoms with Gasteiger partial charge in [-0.25, -0.2) is 14.0 Å². The number of hydrogen-bond donors (Lipinski definition) is 1. The van der Waals surface area contributed by atoms with Gasteiger partial charge in [0.05, 0.1) is 31.4 Å². The molecule has 1 aliphatic heterocycles. The maximum atomic E-state index is 13.9. The molecule has 9 heteroatoms. The van der Waals surface area contributed by atoms with E-state index in [1.807, 2.05) is 0 Å². The number of halogens is 1. The molecule has 0 atom stereocenters. The summed E-state index contributed by atoms with van der Waals surface area (Å²) in [6.07, 6.45) is -0.0110. The topological polar surface area (TPSA) is 84.9 Å². The first-order chi connectivity index (χ1) is 13.5. The molecule has 1 aromatic heterocycles. The van der Waals surface area contributed by atoms with Crippen molar-refractivity contribution in [2.24, 2.45) is 0 Å². The molecule has 0 fully saturated rings. The Balaban J connectivity index is 1.92. The minimum Gasteiger partial charge on any atom is -0.465 e. The van der Waals surface area contributed by atoms with Crippen LogP contribution in [0, 0.1) is 5.82 Å².